The molecule has 2 amide bonds. The Morgan fingerprint density at radius 1 is 1.08 bits per heavy atom. The minimum Gasteiger partial charge on any atom is -0.338 e. The summed E-state index contributed by atoms with van der Waals surface area (Å²) >= 11 is 0. The van der Waals surface area contributed by atoms with Crippen LogP contribution in [0.25, 0.3) is 0 Å². The van der Waals surface area contributed by atoms with Crippen LogP contribution in [0.5, 0.6) is 0 Å². The number of rotatable bonds is 6. The van der Waals surface area contributed by atoms with Crippen molar-refractivity contribution in [1.82, 2.24) is 4.90 Å². The molecule has 1 N–H and O–H groups in total. The van der Waals surface area contributed by atoms with Gasteiger partial charge in [0.1, 0.15) is 0 Å². The van der Waals surface area contributed by atoms with E-state index < -0.39 is 0 Å². The Balaban J connectivity index is 1.69. The van der Waals surface area contributed by atoms with Crippen LogP contribution in [0.15, 0.2) is 54.6 Å². The van der Waals surface area contributed by atoms with Gasteiger partial charge < -0.3 is 10.2 Å². The number of anilines is 1. The molecule has 1 aliphatic heterocycles. The van der Waals surface area contributed by atoms with Gasteiger partial charge in [-0.1, -0.05) is 55.8 Å². The van der Waals surface area contributed by atoms with E-state index in [9.17, 15) is 9.59 Å². The van der Waals surface area contributed by atoms with Crippen LogP contribution in [0.1, 0.15) is 54.4 Å². The predicted octanol–water partition coefficient (Wildman–Crippen LogP) is 4.45. The van der Waals surface area contributed by atoms with Crippen molar-refractivity contribution in [2.75, 3.05) is 18.4 Å². The lowest BCUT2D eigenvalue weighted by Gasteiger charge is -2.19. The standard InChI is InChI=1S/C22H26N2O2/c1-2-3-13-21(25)23-20-12-8-7-11-19(20)22(26)24-15-14-18(16-24)17-9-5-4-6-10-17/h4-12,18H,2-3,13-16H2,1H3,(H,23,25). The molecule has 1 fully saturated rings. The molecule has 2 aromatic rings. The summed E-state index contributed by atoms with van der Waals surface area (Å²) in [6, 6.07) is 17.7. The van der Waals surface area contributed by atoms with Gasteiger partial charge in [0.2, 0.25) is 5.91 Å². The Labute approximate surface area is 155 Å². The molecule has 4 nitrogen and oxygen atoms in total. The van der Waals surface area contributed by atoms with Crippen molar-refractivity contribution < 1.29 is 9.59 Å². The van der Waals surface area contributed by atoms with E-state index in [0.717, 1.165) is 32.4 Å². The van der Waals surface area contributed by atoms with Crippen LogP contribution in [0, 0.1) is 0 Å². The highest BCUT2D eigenvalue weighted by atomic mass is 16.2. The highest BCUT2D eigenvalue weighted by Gasteiger charge is 2.29. The smallest absolute Gasteiger partial charge is 0.255 e. The summed E-state index contributed by atoms with van der Waals surface area (Å²) in [5.41, 5.74) is 2.47. The Kier molecular flexibility index (Phi) is 6.05. The van der Waals surface area contributed by atoms with Crippen molar-refractivity contribution in [3.05, 3.63) is 65.7 Å². The van der Waals surface area contributed by atoms with Crippen molar-refractivity contribution in [2.24, 2.45) is 0 Å². The molecule has 0 radical (unpaired) electrons. The van der Waals surface area contributed by atoms with Gasteiger partial charge in [-0.2, -0.15) is 0 Å². The maximum atomic E-state index is 13.0. The SMILES string of the molecule is CCCCC(=O)Nc1ccccc1C(=O)N1CCC(c2ccccc2)C1. The minimum absolute atomic E-state index is 0.00479. The number of carbonyl (C=O) groups is 2. The Morgan fingerprint density at radius 2 is 1.81 bits per heavy atom. The quantitative estimate of drug-likeness (QED) is 0.837. The van der Waals surface area contributed by atoms with Crippen molar-refractivity contribution in [1.29, 1.82) is 0 Å². The number of unbranched alkanes of at least 4 members (excludes halogenated alkanes) is 1. The van der Waals surface area contributed by atoms with Crippen molar-refractivity contribution in [3.63, 3.8) is 0 Å². The minimum atomic E-state index is -0.0318. The average Bonchev–Trinajstić information content (AvgIpc) is 3.17. The second-order valence-electron chi connectivity index (χ2n) is 6.84. The lowest BCUT2D eigenvalue weighted by atomic mass is 9.99. The van der Waals surface area contributed by atoms with E-state index in [4.69, 9.17) is 0 Å². The lowest BCUT2D eigenvalue weighted by Crippen LogP contribution is -2.29. The molecule has 136 valence electrons. The largest absolute Gasteiger partial charge is 0.338 e. The molecule has 0 spiro atoms. The average molecular weight is 350 g/mol. The highest BCUT2D eigenvalue weighted by Crippen LogP contribution is 2.29. The number of para-hydroxylation sites is 1. The second kappa shape index (κ2) is 8.65. The zero-order valence-corrected chi connectivity index (χ0v) is 15.3. The first-order valence-corrected chi connectivity index (χ1v) is 9.42. The van der Waals surface area contributed by atoms with Crippen molar-refractivity contribution >= 4 is 17.5 Å². The van der Waals surface area contributed by atoms with Gasteiger partial charge in [0.05, 0.1) is 11.3 Å². The summed E-state index contributed by atoms with van der Waals surface area (Å²) in [4.78, 5) is 27.0. The molecule has 0 bridgehead atoms. The fourth-order valence-corrected chi connectivity index (χ4v) is 3.44. The molecule has 3 rings (SSSR count). The number of amides is 2. The number of nitrogens with zero attached hydrogens (tertiary/aromatic N) is 1. The summed E-state index contributed by atoms with van der Waals surface area (Å²) in [5, 5.41) is 2.91. The van der Waals surface area contributed by atoms with Crippen LogP contribution in [0.4, 0.5) is 5.69 Å². The van der Waals surface area contributed by atoms with E-state index in [0.29, 0.717) is 23.6 Å². The Morgan fingerprint density at radius 3 is 2.58 bits per heavy atom. The van der Waals surface area contributed by atoms with Crippen LogP contribution in [-0.2, 0) is 4.79 Å². The van der Waals surface area contributed by atoms with Crippen LogP contribution < -0.4 is 5.32 Å². The molecule has 1 unspecified atom stereocenters. The third kappa shape index (κ3) is 4.31. The van der Waals surface area contributed by atoms with Crippen LogP contribution in [0.3, 0.4) is 0 Å². The normalized spacial score (nSPS) is 16.5. The van der Waals surface area contributed by atoms with Gasteiger partial charge in [0.15, 0.2) is 0 Å². The first kappa shape index (κ1) is 18.2. The molecule has 0 saturated carbocycles. The molecular formula is C22H26N2O2. The molecule has 1 heterocycles. The summed E-state index contributed by atoms with van der Waals surface area (Å²) in [5.74, 6) is 0.344. The maximum Gasteiger partial charge on any atom is 0.255 e. The first-order chi connectivity index (χ1) is 12.7. The predicted molar refractivity (Wildman–Crippen MR) is 104 cm³/mol. The molecular weight excluding hydrogens is 324 g/mol. The molecule has 1 saturated heterocycles. The summed E-state index contributed by atoms with van der Waals surface area (Å²) in [6.45, 7) is 3.53. The second-order valence-corrected chi connectivity index (χ2v) is 6.84. The Hall–Kier alpha value is -2.62. The van der Waals surface area contributed by atoms with Crippen LogP contribution in [-0.4, -0.2) is 29.8 Å². The van der Waals surface area contributed by atoms with Gasteiger partial charge in [-0.25, -0.2) is 0 Å². The third-order valence-electron chi connectivity index (χ3n) is 4.94. The van der Waals surface area contributed by atoms with E-state index >= 15 is 0 Å². The van der Waals surface area contributed by atoms with E-state index in [2.05, 4.69) is 24.4 Å². The van der Waals surface area contributed by atoms with Gasteiger partial charge in [0, 0.05) is 25.4 Å². The summed E-state index contributed by atoms with van der Waals surface area (Å²) in [6.07, 6.45) is 3.29. The van der Waals surface area contributed by atoms with Crippen molar-refractivity contribution in [2.45, 2.75) is 38.5 Å². The third-order valence-corrected chi connectivity index (χ3v) is 4.94. The zero-order valence-electron chi connectivity index (χ0n) is 15.3. The maximum absolute atomic E-state index is 13.0. The molecule has 4 heteroatoms. The zero-order chi connectivity index (χ0) is 18.4. The number of hydrogen-bond acceptors (Lipinski definition) is 2. The topological polar surface area (TPSA) is 49.4 Å². The summed E-state index contributed by atoms with van der Waals surface area (Å²) in [7, 11) is 0. The number of nitrogens with one attached hydrogen (secondary N) is 1. The fraction of sp³-hybridized carbons (Fsp3) is 0.364. The van der Waals surface area contributed by atoms with E-state index in [1.807, 2.05) is 41.3 Å². The van der Waals surface area contributed by atoms with E-state index in [1.54, 1.807) is 6.07 Å². The molecule has 1 aliphatic rings. The van der Waals surface area contributed by atoms with Gasteiger partial charge in [-0.3, -0.25) is 9.59 Å². The number of benzene rings is 2. The lowest BCUT2D eigenvalue weighted by molar-refractivity contribution is -0.116. The monoisotopic (exact) mass is 350 g/mol. The van der Waals surface area contributed by atoms with E-state index in [1.165, 1.54) is 5.56 Å². The summed E-state index contributed by atoms with van der Waals surface area (Å²) < 4.78 is 0. The fourth-order valence-electron chi connectivity index (χ4n) is 3.44. The van der Waals surface area contributed by atoms with E-state index in [-0.39, 0.29) is 11.8 Å². The van der Waals surface area contributed by atoms with Gasteiger partial charge >= 0.3 is 0 Å². The van der Waals surface area contributed by atoms with Gasteiger partial charge in [0.25, 0.3) is 5.91 Å². The number of likely N-dealkylation sites (tertiary alicyclic amines) is 1. The van der Waals surface area contributed by atoms with Crippen LogP contribution in [0.2, 0.25) is 0 Å². The number of hydrogen-bond donors (Lipinski definition) is 1. The highest BCUT2D eigenvalue weighted by molar-refractivity contribution is 6.03. The first-order valence-electron chi connectivity index (χ1n) is 9.42. The van der Waals surface area contributed by atoms with Gasteiger partial charge in [-0.05, 0) is 30.5 Å². The molecule has 0 aromatic heterocycles. The van der Waals surface area contributed by atoms with Crippen molar-refractivity contribution in [3.8, 4) is 0 Å². The molecule has 2 aromatic carbocycles. The molecule has 0 aliphatic carbocycles. The number of carbonyl (C=O) groups excluding carboxylic acids is 2. The molecule has 26 heavy (non-hydrogen) atoms. The molecule has 1 atom stereocenters. The van der Waals surface area contributed by atoms with Crippen LogP contribution >= 0.6 is 0 Å². The Bertz CT molecular complexity index is 758. The van der Waals surface area contributed by atoms with Gasteiger partial charge in [-0.15, -0.1) is 0 Å².